The lowest BCUT2D eigenvalue weighted by atomic mass is 9.42. The average molecular weight is 647 g/mol. The predicted molar refractivity (Wildman–Crippen MR) is 191 cm³/mol. The molecule has 0 bridgehead atoms. The van der Waals surface area contributed by atoms with E-state index in [1.165, 1.54) is 64.7 Å². The van der Waals surface area contributed by atoms with Crippen LogP contribution < -0.4 is 21.7 Å². The van der Waals surface area contributed by atoms with Crippen LogP contribution >= 0.6 is 0 Å². The molecule has 0 aromatic rings. The first-order valence-electron chi connectivity index (χ1n) is 19.7. The summed E-state index contributed by atoms with van der Waals surface area (Å²) < 4.78 is 5.78. The third kappa shape index (κ3) is 8.70. The van der Waals surface area contributed by atoms with Gasteiger partial charge in [0.2, 0.25) is 0 Å². The Kier molecular flexibility index (Phi) is 14.3. The highest BCUT2D eigenvalue weighted by Crippen LogP contribution is 2.69. The van der Waals surface area contributed by atoms with Gasteiger partial charge in [0.1, 0.15) is 6.10 Å². The van der Waals surface area contributed by atoms with Gasteiger partial charge in [0.05, 0.1) is 5.60 Å². The summed E-state index contributed by atoms with van der Waals surface area (Å²) >= 11 is 0. The number of ether oxygens (including phenoxy) is 1. The number of hydrogen-bond donors (Lipinski definition) is 5. The number of aliphatic hydroxyl groups is 1. The summed E-state index contributed by atoms with van der Waals surface area (Å²) in [6, 6.07) is 0.0431. The van der Waals surface area contributed by atoms with Crippen molar-refractivity contribution >= 4 is 5.97 Å². The van der Waals surface area contributed by atoms with Crippen molar-refractivity contribution in [3.63, 3.8) is 0 Å². The fraction of sp³-hybridized carbons (Fsp3) is 0.974. The van der Waals surface area contributed by atoms with Crippen molar-refractivity contribution in [3.05, 3.63) is 0 Å². The Labute approximate surface area is 283 Å². The van der Waals surface area contributed by atoms with Crippen molar-refractivity contribution < 1.29 is 14.6 Å². The van der Waals surface area contributed by atoms with Crippen molar-refractivity contribution in [1.82, 2.24) is 16.0 Å². The molecule has 0 aliphatic heterocycles. The zero-order chi connectivity index (χ0) is 33.4. The van der Waals surface area contributed by atoms with E-state index in [4.69, 9.17) is 10.5 Å². The SMILES string of the molecule is CC(=O)OC1CC[C@]2(C)[C@H]3CC[C@]4(C)[C@@H](C(C)CCCC(C)C)CC[C@H]4[C@@H]3CC(NCCCNCCCCNCCCN)[C@@]2(O)C1. The Bertz CT molecular complexity index is 933. The lowest BCUT2D eigenvalue weighted by Gasteiger charge is -2.66. The van der Waals surface area contributed by atoms with Gasteiger partial charge >= 0.3 is 5.97 Å². The van der Waals surface area contributed by atoms with Crippen LogP contribution in [0.3, 0.4) is 0 Å². The molecule has 7 heteroatoms. The van der Waals surface area contributed by atoms with Crippen LogP contribution in [0.25, 0.3) is 0 Å². The van der Waals surface area contributed by atoms with Gasteiger partial charge in [0.25, 0.3) is 0 Å². The molecule has 3 unspecified atom stereocenters. The molecule has 0 saturated heterocycles. The topological polar surface area (TPSA) is 109 Å². The highest BCUT2D eigenvalue weighted by atomic mass is 16.5. The van der Waals surface area contributed by atoms with Crippen LogP contribution in [0, 0.1) is 46.3 Å². The first-order valence-corrected chi connectivity index (χ1v) is 19.7. The maximum atomic E-state index is 12.8. The number of esters is 1. The summed E-state index contributed by atoms with van der Waals surface area (Å²) in [4.78, 5) is 12.0. The van der Waals surface area contributed by atoms with Gasteiger partial charge < -0.3 is 31.5 Å². The molecule has 46 heavy (non-hydrogen) atoms. The van der Waals surface area contributed by atoms with Crippen molar-refractivity contribution in [3.8, 4) is 0 Å². The largest absolute Gasteiger partial charge is 0.462 e. The number of fused-ring (bicyclic) bond motifs is 5. The predicted octanol–water partition coefficient (Wildman–Crippen LogP) is 6.42. The lowest BCUT2D eigenvalue weighted by molar-refractivity contribution is -0.237. The zero-order valence-electron chi connectivity index (χ0n) is 30.8. The van der Waals surface area contributed by atoms with Gasteiger partial charge in [-0.1, -0.05) is 53.9 Å². The highest BCUT2D eigenvalue weighted by Gasteiger charge is 2.67. The first-order chi connectivity index (χ1) is 22.0. The minimum Gasteiger partial charge on any atom is -0.462 e. The smallest absolute Gasteiger partial charge is 0.302 e. The highest BCUT2D eigenvalue weighted by molar-refractivity contribution is 5.66. The van der Waals surface area contributed by atoms with Crippen LogP contribution in [0.5, 0.6) is 0 Å². The van der Waals surface area contributed by atoms with E-state index >= 15 is 0 Å². The van der Waals surface area contributed by atoms with Crippen molar-refractivity contribution in [1.29, 1.82) is 0 Å². The van der Waals surface area contributed by atoms with Gasteiger partial charge in [-0.2, -0.15) is 0 Å². The second kappa shape index (κ2) is 17.3. The first kappa shape index (κ1) is 38.1. The minimum absolute atomic E-state index is 0.0431. The number of carbonyl (C=O) groups is 1. The fourth-order valence-electron chi connectivity index (χ4n) is 11.4. The molecule has 10 atom stereocenters. The molecule has 4 saturated carbocycles. The Hall–Kier alpha value is -0.730. The summed E-state index contributed by atoms with van der Waals surface area (Å²) in [5.74, 6) is 4.18. The lowest BCUT2D eigenvalue weighted by Crippen LogP contribution is -2.71. The molecule has 0 radical (unpaired) electrons. The quantitative estimate of drug-likeness (QED) is 0.0814. The van der Waals surface area contributed by atoms with Crippen LogP contribution in [0.4, 0.5) is 0 Å². The molecule has 4 rings (SSSR count). The molecule has 268 valence electrons. The minimum atomic E-state index is -0.854. The van der Waals surface area contributed by atoms with E-state index in [0.29, 0.717) is 23.7 Å². The molecule has 4 aliphatic carbocycles. The van der Waals surface area contributed by atoms with Gasteiger partial charge in [-0.05, 0) is 151 Å². The Balaban J connectivity index is 1.39. The molecule has 0 heterocycles. The van der Waals surface area contributed by atoms with Crippen molar-refractivity contribution in [2.45, 2.75) is 156 Å². The summed E-state index contributed by atoms with van der Waals surface area (Å²) in [5.41, 5.74) is 4.99. The molecule has 7 nitrogen and oxygen atoms in total. The third-order valence-corrected chi connectivity index (χ3v) is 13.8. The number of unbranched alkanes of at least 4 members (excludes halogenated alkanes) is 1. The summed E-state index contributed by atoms with van der Waals surface area (Å²) in [5, 5.41) is 23.9. The Morgan fingerprint density at radius 2 is 1.57 bits per heavy atom. The summed E-state index contributed by atoms with van der Waals surface area (Å²) in [7, 11) is 0. The molecule has 0 spiro atoms. The van der Waals surface area contributed by atoms with Crippen LogP contribution in [-0.2, 0) is 9.53 Å². The molecule has 4 aliphatic rings. The number of rotatable bonds is 19. The van der Waals surface area contributed by atoms with Crippen molar-refractivity contribution in [2.24, 2.45) is 52.1 Å². The van der Waals surface area contributed by atoms with E-state index in [2.05, 4.69) is 50.6 Å². The van der Waals surface area contributed by atoms with E-state index in [1.807, 2.05) is 0 Å². The Morgan fingerprint density at radius 1 is 0.870 bits per heavy atom. The number of nitrogens with one attached hydrogen (secondary N) is 3. The maximum Gasteiger partial charge on any atom is 0.302 e. The van der Waals surface area contributed by atoms with E-state index in [1.54, 1.807) is 0 Å². The van der Waals surface area contributed by atoms with Gasteiger partial charge in [-0.3, -0.25) is 4.79 Å². The Morgan fingerprint density at radius 3 is 2.24 bits per heavy atom. The van der Waals surface area contributed by atoms with E-state index in [9.17, 15) is 9.90 Å². The van der Waals surface area contributed by atoms with Crippen molar-refractivity contribution in [2.75, 3.05) is 39.3 Å². The molecular formula is C39H74N4O3. The number of carbonyl (C=O) groups excluding carboxylic acids is 1. The van der Waals surface area contributed by atoms with Gasteiger partial charge in [0.15, 0.2) is 0 Å². The standard InChI is InChI=1S/C39H74N4O3/c1-28(2)12-9-13-29(3)33-14-15-34-32-26-36(43-25-11-24-42-22-8-7-21-41-23-10-20-40)39(45)27-31(46-30(4)44)16-19-38(39,6)35(32)17-18-37(33,34)5/h28-29,31-36,41-43,45H,7-27,40H2,1-6H3/t29?,31?,32-,33+,34-,35-,36?,37+,38+,39-/m0/s1. The van der Waals surface area contributed by atoms with Gasteiger partial charge in [-0.15, -0.1) is 0 Å². The molecule has 4 fully saturated rings. The van der Waals surface area contributed by atoms with E-state index in [-0.39, 0.29) is 23.5 Å². The number of hydrogen-bond acceptors (Lipinski definition) is 7. The summed E-state index contributed by atoms with van der Waals surface area (Å²) in [6.07, 6.45) is 17.1. The average Bonchev–Trinajstić information content (AvgIpc) is 3.35. The van der Waals surface area contributed by atoms with E-state index in [0.717, 1.165) is 95.0 Å². The fourth-order valence-corrected chi connectivity index (χ4v) is 11.4. The third-order valence-electron chi connectivity index (χ3n) is 13.8. The number of nitrogens with two attached hydrogens (primary N) is 1. The van der Waals surface area contributed by atoms with Crippen LogP contribution in [0.2, 0.25) is 0 Å². The van der Waals surface area contributed by atoms with E-state index < -0.39 is 5.60 Å². The molecule has 0 aromatic carbocycles. The molecule has 6 N–H and O–H groups in total. The zero-order valence-corrected chi connectivity index (χ0v) is 30.8. The normalized spacial score (nSPS) is 37.8. The molecular weight excluding hydrogens is 572 g/mol. The second-order valence-corrected chi connectivity index (χ2v) is 17.2. The van der Waals surface area contributed by atoms with Crippen LogP contribution in [0.1, 0.15) is 138 Å². The van der Waals surface area contributed by atoms with Gasteiger partial charge in [0, 0.05) is 24.8 Å². The summed E-state index contributed by atoms with van der Waals surface area (Å²) in [6.45, 7) is 19.7. The second-order valence-electron chi connectivity index (χ2n) is 17.2. The van der Waals surface area contributed by atoms with Crippen LogP contribution in [0.15, 0.2) is 0 Å². The molecule has 0 amide bonds. The maximum absolute atomic E-state index is 12.8. The monoisotopic (exact) mass is 647 g/mol. The molecule has 0 aromatic heterocycles. The van der Waals surface area contributed by atoms with Crippen LogP contribution in [-0.4, -0.2) is 68.1 Å². The van der Waals surface area contributed by atoms with Gasteiger partial charge in [-0.25, -0.2) is 0 Å².